The van der Waals surface area contributed by atoms with Gasteiger partial charge >= 0.3 is 5.97 Å². The van der Waals surface area contributed by atoms with Gasteiger partial charge in [0.05, 0.1) is 0 Å². The molecule has 18 heavy (non-hydrogen) atoms. The van der Waals surface area contributed by atoms with Crippen LogP contribution in [0.2, 0.25) is 0 Å². The minimum Gasteiger partial charge on any atom is -0.481 e. The average Bonchev–Trinajstić information content (AvgIpc) is 2.27. The van der Waals surface area contributed by atoms with Crippen LogP contribution in [0.3, 0.4) is 0 Å². The van der Waals surface area contributed by atoms with E-state index in [1.165, 1.54) is 0 Å². The van der Waals surface area contributed by atoms with Gasteiger partial charge in [0.1, 0.15) is 5.92 Å². The van der Waals surface area contributed by atoms with E-state index in [4.69, 9.17) is 5.11 Å². The van der Waals surface area contributed by atoms with Gasteiger partial charge in [-0.25, -0.2) is 0 Å². The summed E-state index contributed by atoms with van der Waals surface area (Å²) >= 11 is 3.37. The lowest BCUT2D eigenvalue weighted by Gasteiger charge is -2.16. The third-order valence-corrected chi connectivity index (χ3v) is 3.40. The molecule has 98 valence electrons. The number of amides is 1. The van der Waals surface area contributed by atoms with Crippen molar-refractivity contribution in [2.24, 2.45) is 11.8 Å². The van der Waals surface area contributed by atoms with Gasteiger partial charge in [-0.15, -0.1) is 0 Å². The Labute approximate surface area is 115 Å². The van der Waals surface area contributed by atoms with Crippen molar-refractivity contribution < 1.29 is 14.7 Å². The number of benzene rings is 1. The summed E-state index contributed by atoms with van der Waals surface area (Å²) in [6.45, 7) is 3.75. The molecule has 0 aliphatic heterocycles. The van der Waals surface area contributed by atoms with Crippen molar-refractivity contribution in [2.75, 3.05) is 0 Å². The molecule has 2 N–H and O–H groups in total. The van der Waals surface area contributed by atoms with Crippen LogP contribution < -0.4 is 5.32 Å². The zero-order valence-electron chi connectivity index (χ0n) is 10.3. The van der Waals surface area contributed by atoms with Crippen molar-refractivity contribution in [2.45, 2.75) is 20.4 Å². The fourth-order valence-corrected chi connectivity index (χ4v) is 2.06. The first-order chi connectivity index (χ1) is 8.43. The summed E-state index contributed by atoms with van der Waals surface area (Å²) in [7, 11) is 0. The summed E-state index contributed by atoms with van der Waals surface area (Å²) in [5.74, 6) is -2.78. The Bertz CT molecular complexity index is 446. The van der Waals surface area contributed by atoms with E-state index in [1.807, 2.05) is 24.3 Å². The molecule has 0 saturated heterocycles. The van der Waals surface area contributed by atoms with E-state index in [2.05, 4.69) is 21.2 Å². The number of carboxylic acids is 1. The van der Waals surface area contributed by atoms with E-state index < -0.39 is 17.8 Å². The van der Waals surface area contributed by atoms with Gasteiger partial charge in [-0.3, -0.25) is 9.59 Å². The minimum atomic E-state index is -1.09. The number of nitrogens with one attached hydrogen (secondary N) is 1. The number of carbonyl (C=O) groups excluding carboxylic acids is 1. The summed E-state index contributed by atoms with van der Waals surface area (Å²) in [6.07, 6.45) is 0. The molecule has 1 amide bonds. The number of halogens is 1. The summed E-state index contributed by atoms with van der Waals surface area (Å²) in [4.78, 5) is 22.8. The zero-order chi connectivity index (χ0) is 13.7. The van der Waals surface area contributed by atoms with E-state index in [1.54, 1.807) is 13.8 Å². The highest BCUT2D eigenvalue weighted by atomic mass is 79.9. The number of rotatable bonds is 5. The van der Waals surface area contributed by atoms with E-state index >= 15 is 0 Å². The molecular formula is C13H16BrNO3. The van der Waals surface area contributed by atoms with Crippen LogP contribution in [-0.4, -0.2) is 17.0 Å². The maximum Gasteiger partial charge on any atom is 0.316 e. The van der Waals surface area contributed by atoms with Crippen molar-refractivity contribution in [3.8, 4) is 0 Å². The van der Waals surface area contributed by atoms with Crippen LogP contribution in [0.1, 0.15) is 19.4 Å². The second-order valence-electron chi connectivity index (χ2n) is 4.37. The molecule has 1 aromatic carbocycles. The number of carbonyl (C=O) groups is 2. The second-order valence-corrected chi connectivity index (χ2v) is 5.22. The highest BCUT2D eigenvalue weighted by molar-refractivity contribution is 9.10. The second kappa shape index (κ2) is 6.54. The molecule has 0 bridgehead atoms. The third kappa shape index (κ3) is 3.84. The molecule has 5 heteroatoms. The molecule has 0 aliphatic carbocycles. The van der Waals surface area contributed by atoms with Crippen LogP contribution in [0.25, 0.3) is 0 Å². The summed E-state index contributed by atoms with van der Waals surface area (Å²) in [6, 6.07) is 7.49. The number of hydrogen-bond donors (Lipinski definition) is 2. The zero-order valence-corrected chi connectivity index (χ0v) is 11.9. The Morgan fingerprint density at radius 3 is 2.44 bits per heavy atom. The van der Waals surface area contributed by atoms with Gasteiger partial charge in [0.2, 0.25) is 5.91 Å². The van der Waals surface area contributed by atoms with Crippen LogP contribution in [0.5, 0.6) is 0 Å². The molecule has 0 aromatic heterocycles. The highest BCUT2D eigenvalue weighted by Crippen LogP contribution is 2.16. The van der Waals surface area contributed by atoms with Crippen molar-refractivity contribution in [3.63, 3.8) is 0 Å². The molecule has 0 spiro atoms. The van der Waals surface area contributed by atoms with Gasteiger partial charge in [-0.05, 0) is 17.5 Å². The Kier molecular flexibility index (Phi) is 5.34. The maximum atomic E-state index is 11.8. The lowest BCUT2D eigenvalue weighted by atomic mass is 9.95. The molecule has 1 atom stereocenters. The highest BCUT2D eigenvalue weighted by Gasteiger charge is 2.29. The Balaban J connectivity index is 2.66. The predicted molar refractivity (Wildman–Crippen MR) is 72.0 cm³/mol. The molecule has 4 nitrogen and oxygen atoms in total. The fourth-order valence-electron chi connectivity index (χ4n) is 1.63. The maximum absolute atomic E-state index is 11.8. The van der Waals surface area contributed by atoms with Crippen molar-refractivity contribution in [3.05, 3.63) is 34.3 Å². The van der Waals surface area contributed by atoms with Gasteiger partial charge in [0.15, 0.2) is 0 Å². The first kappa shape index (κ1) is 14.7. The minimum absolute atomic E-state index is 0.235. The molecule has 0 fully saturated rings. The largest absolute Gasteiger partial charge is 0.481 e. The van der Waals surface area contributed by atoms with E-state index in [9.17, 15) is 9.59 Å². The monoisotopic (exact) mass is 313 g/mol. The molecule has 0 saturated carbocycles. The van der Waals surface area contributed by atoms with Gasteiger partial charge in [-0.2, -0.15) is 0 Å². The van der Waals surface area contributed by atoms with Crippen LogP contribution >= 0.6 is 15.9 Å². The van der Waals surface area contributed by atoms with Gasteiger partial charge in [0, 0.05) is 11.0 Å². The SMILES string of the molecule is CC(C)C(C(=O)O)C(=O)NCc1ccccc1Br. The Morgan fingerprint density at radius 2 is 1.94 bits per heavy atom. The standard InChI is InChI=1S/C13H16BrNO3/c1-8(2)11(13(17)18)12(16)15-7-9-5-3-4-6-10(9)14/h3-6,8,11H,7H2,1-2H3,(H,15,16)(H,17,18). The smallest absolute Gasteiger partial charge is 0.316 e. The van der Waals surface area contributed by atoms with E-state index in [0.717, 1.165) is 10.0 Å². The molecular weight excluding hydrogens is 298 g/mol. The topological polar surface area (TPSA) is 66.4 Å². The Morgan fingerprint density at radius 1 is 1.33 bits per heavy atom. The van der Waals surface area contributed by atoms with Gasteiger partial charge in [-0.1, -0.05) is 48.0 Å². The molecule has 0 aliphatic rings. The number of carboxylic acid groups (broad SMARTS) is 1. The molecule has 1 unspecified atom stereocenters. The molecule has 1 rings (SSSR count). The van der Waals surface area contributed by atoms with Crippen LogP contribution in [0.4, 0.5) is 0 Å². The van der Waals surface area contributed by atoms with Crippen molar-refractivity contribution in [1.29, 1.82) is 0 Å². The first-order valence-corrected chi connectivity index (χ1v) is 6.46. The summed E-state index contributed by atoms with van der Waals surface area (Å²) < 4.78 is 0.890. The summed E-state index contributed by atoms with van der Waals surface area (Å²) in [5.41, 5.74) is 0.916. The van der Waals surface area contributed by atoms with Crippen molar-refractivity contribution in [1.82, 2.24) is 5.32 Å². The quantitative estimate of drug-likeness (QED) is 0.820. The lowest BCUT2D eigenvalue weighted by molar-refractivity contribution is -0.148. The van der Waals surface area contributed by atoms with Crippen LogP contribution in [0, 0.1) is 11.8 Å². The lowest BCUT2D eigenvalue weighted by Crippen LogP contribution is -2.38. The molecule has 0 heterocycles. The fraction of sp³-hybridized carbons (Fsp3) is 0.385. The normalized spacial score (nSPS) is 12.2. The van der Waals surface area contributed by atoms with E-state index in [-0.39, 0.29) is 5.92 Å². The molecule has 0 radical (unpaired) electrons. The third-order valence-electron chi connectivity index (χ3n) is 2.63. The molecule has 1 aromatic rings. The van der Waals surface area contributed by atoms with Crippen molar-refractivity contribution >= 4 is 27.8 Å². The van der Waals surface area contributed by atoms with Gasteiger partial charge < -0.3 is 10.4 Å². The first-order valence-electron chi connectivity index (χ1n) is 5.67. The van der Waals surface area contributed by atoms with Gasteiger partial charge in [0.25, 0.3) is 0 Å². The van der Waals surface area contributed by atoms with Crippen LogP contribution in [0.15, 0.2) is 28.7 Å². The Hall–Kier alpha value is -1.36. The number of aliphatic carboxylic acids is 1. The average molecular weight is 314 g/mol. The summed E-state index contributed by atoms with van der Waals surface area (Å²) in [5, 5.41) is 11.6. The number of hydrogen-bond acceptors (Lipinski definition) is 2. The van der Waals surface area contributed by atoms with E-state index in [0.29, 0.717) is 6.54 Å². The predicted octanol–water partition coefficient (Wildman–Crippen LogP) is 2.42. The van der Waals surface area contributed by atoms with Crippen LogP contribution in [-0.2, 0) is 16.1 Å².